The molecule has 1 aliphatic rings. The standard InChI is InChI=1S/C13H18N6O2S/c20-22(21,19-7-1-2-8-19)12-3-4-13(15-11-12)14-5-9-18-10-6-16-17-18/h3-4,6,10-11H,1-2,5,7-9H2,(H,14,15). The molecule has 118 valence electrons. The van der Waals surface area contributed by atoms with E-state index >= 15 is 0 Å². The van der Waals surface area contributed by atoms with Crippen LogP contribution in [0.5, 0.6) is 0 Å². The fraction of sp³-hybridized carbons (Fsp3) is 0.462. The average Bonchev–Trinajstić information content (AvgIpc) is 3.21. The minimum atomic E-state index is -3.39. The number of sulfonamides is 1. The summed E-state index contributed by atoms with van der Waals surface area (Å²) < 4.78 is 27.9. The van der Waals surface area contributed by atoms with Gasteiger partial charge in [0, 0.05) is 32.0 Å². The van der Waals surface area contributed by atoms with Crippen LogP contribution < -0.4 is 5.32 Å². The molecule has 1 saturated heterocycles. The highest BCUT2D eigenvalue weighted by molar-refractivity contribution is 7.89. The first-order valence-electron chi connectivity index (χ1n) is 7.20. The van der Waals surface area contributed by atoms with Gasteiger partial charge in [0.2, 0.25) is 10.0 Å². The highest BCUT2D eigenvalue weighted by Crippen LogP contribution is 2.20. The lowest BCUT2D eigenvalue weighted by molar-refractivity contribution is 0.477. The van der Waals surface area contributed by atoms with Gasteiger partial charge in [-0.25, -0.2) is 13.4 Å². The Hall–Kier alpha value is -2.00. The van der Waals surface area contributed by atoms with Crippen LogP contribution >= 0.6 is 0 Å². The molecule has 0 aliphatic carbocycles. The second kappa shape index (κ2) is 6.41. The first-order valence-corrected chi connectivity index (χ1v) is 8.64. The smallest absolute Gasteiger partial charge is 0.244 e. The summed E-state index contributed by atoms with van der Waals surface area (Å²) in [5.74, 6) is 0.639. The number of aromatic nitrogens is 4. The number of rotatable bonds is 6. The third-order valence-corrected chi connectivity index (χ3v) is 5.44. The summed E-state index contributed by atoms with van der Waals surface area (Å²) in [5.41, 5.74) is 0. The Bertz CT molecular complexity index is 693. The maximum Gasteiger partial charge on any atom is 0.244 e. The van der Waals surface area contributed by atoms with Crippen LogP contribution in [0, 0.1) is 0 Å². The van der Waals surface area contributed by atoms with Crippen LogP contribution in [0.3, 0.4) is 0 Å². The summed E-state index contributed by atoms with van der Waals surface area (Å²) in [5, 5.41) is 10.7. The molecule has 0 unspecified atom stereocenters. The number of pyridine rings is 1. The molecule has 3 rings (SSSR count). The topological polar surface area (TPSA) is 93.0 Å². The quantitative estimate of drug-likeness (QED) is 0.836. The number of hydrogen-bond donors (Lipinski definition) is 1. The zero-order valence-electron chi connectivity index (χ0n) is 12.1. The Labute approximate surface area is 129 Å². The van der Waals surface area contributed by atoms with Crippen molar-refractivity contribution < 1.29 is 8.42 Å². The molecular weight excluding hydrogens is 304 g/mol. The molecule has 2 aromatic rings. The minimum absolute atomic E-state index is 0.247. The maximum atomic E-state index is 12.4. The summed E-state index contributed by atoms with van der Waals surface area (Å²) in [6, 6.07) is 3.28. The molecular formula is C13H18N6O2S. The van der Waals surface area contributed by atoms with Crippen LogP contribution in [0.1, 0.15) is 12.8 Å². The molecule has 22 heavy (non-hydrogen) atoms. The largest absolute Gasteiger partial charge is 0.368 e. The number of nitrogens with one attached hydrogen (secondary N) is 1. The molecule has 1 fully saturated rings. The molecule has 3 heterocycles. The van der Waals surface area contributed by atoms with Gasteiger partial charge in [-0.05, 0) is 25.0 Å². The maximum absolute atomic E-state index is 12.4. The number of hydrogen-bond acceptors (Lipinski definition) is 6. The highest BCUT2D eigenvalue weighted by atomic mass is 32.2. The second-order valence-corrected chi connectivity index (χ2v) is 7.02. The third kappa shape index (κ3) is 3.25. The predicted molar refractivity (Wildman–Crippen MR) is 80.7 cm³/mol. The van der Waals surface area contributed by atoms with Gasteiger partial charge in [-0.1, -0.05) is 5.21 Å². The van der Waals surface area contributed by atoms with E-state index in [4.69, 9.17) is 0 Å². The van der Waals surface area contributed by atoms with Gasteiger partial charge in [-0.15, -0.1) is 5.10 Å². The van der Waals surface area contributed by atoms with E-state index in [1.165, 1.54) is 10.5 Å². The van der Waals surface area contributed by atoms with E-state index in [2.05, 4.69) is 20.6 Å². The van der Waals surface area contributed by atoms with E-state index in [-0.39, 0.29) is 4.90 Å². The van der Waals surface area contributed by atoms with Gasteiger partial charge >= 0.3 is 0 Å². The zero-order chi connectivity index (χ0) is 15.4. The van der Waals surface area contributed by atoms with Gasteiger partial charge in [0.15, 0.2) is 0 Å². The lowest BCUT2D eigenvalue weighted by atomic mass is 10.4. The Morgan fingerprint density at radius 3 is 2.68 bits per heavy atom. The third-order valence-electron chi connectivity index (χ3n) is 3.56. The minimum Gasteiger partial charge on any atom is -0.368 e. The first-order chi connectivity index (χ1) is 10.7. The molecule has 9 heteroatoms. The summed E-state index contributed by atoms with van der Waals surface area (Å²) in [7, 11) is -3.39. The van der Waals surface area contributed by atoms with E-state index in [9.17, 15) is 8.42 Å². The van der Waals surface area contributed by atoms with Gasteiger partial charge in [0.1, 0.15) is 10.7 Å². The zero-order valence-corrected chi connectivity index (χ0v) is 12.9. The van der Waals surface area contributed by atoms with Crippen LogP contribution in [0.2, 0.25) is 0 Å². The fourth-order valence-electron chi connectivity index (χ4n) is 2.37. The Morgan fingerprint density at radius 2 is 2.05 bits per heavy atom. The lowest BCUT2D eigenvalue weighted by Crippen LogP contribution is -2.27. The van der Waals surface area contributed by atoms with E-state index in [1.54, 1.807) is 29.2 Å². The van der Waals surface area contributed by atoms with Crippen molar-refractivity contribution in [2.24, 2.45) is 0 Å². The van der Waals surface area contributed by atoms with Crippen molar-refractivity contribution in [2.45, 2.75) is 24.3 Å². The number of nitrogens with zero attached hydrogens (tertiary/aromatic N) is 5. The summed E-state index contributed by atoms with van der Waals surface area (Å²) in [6.07, 6.45) is 6.66. The van der Waals surface area contributed by atoms with Crippen LogP contribution in [0.4, 0.5) is 5.82 Å². The monoisotopic (exact) mass is 322 g/mol. The van der Waals surface area contributed by atoms with Gasteiger partial charge in [-0.3, -0.25) is 4.68 Å². The van der Waals surface area contributed by atoms with Crippen molar-refractivity contribution in [3.63, 3.8) is 0 Å². The predicted octanol–water partition coefficient (Wildman–Crippen LogP) is 0.570. The van der Waals surface area contributed by atoms with Gasteiger partial charge in [0.05, 0.1) is 12.7 Å². The lowest BCUT2D eigenvalue weighted by Gasteiger charge is -2.15. The molecule has 0 bridgehead atoms. The first kappa shape index (κ1) is 14.9. The van der Waals surface area contributed by atoms with Crippen molar-refractivity contribution in [3.8, 4) is 0 Å². The molecule has 2 aromatic heterocycles. The summed E-state index contributed by atoms with van der Waals surface area (Å²) >= 11 is 0. The molecule has 8 nitrogen and oxygen atoms in total. The van der Waals surface area contributed by atoms with Crippen molar-refractivity contribution >= 4 is 15.8 Å². The SMILES string of the molecule is O=S(=O)(c1ccc(NCCn2ccnn2)nc1)N1CCCC1. The molecule has 0 atom stereocenters. The molecule has 1 aliphatic heterocycles. The number of anilines is 1. The van der Waals surface area contributed by atoms with Crippen molar-refractivity contribution in [3.05, 3.63) is 30.7 Å². The Morgan fingerprint density at radius 1 is 1.23 bits per heavy atom. The van der Waals surface area contributed by atoms with E-state index in [1.807, 2.05) is 0 Å². The van der Waals surface area contributed by atoms with Gasteiger partial charge in [-0.2, -0.15) is 4.31 Å². The van der Waals surface area contributed by atoms with Crippen molar-refractivity contribution in [2.75, 3.05) is 25.0 Å². The van der Waals surface area contributed by atoms with E-state index < -0.39 is 10.0 Å². The normalized spacial score (nSPS) is 16.0. The summed E-state index contributed by atoms with van der Waals surface area (Å²) in [4.78, 5) is 4.42. The van der Waals surface area contributed by atoms with Crippen LogP contribution in [0.15, 0.2) is 35.6 Å². The molecule has 1 N–H and O–H groups in total. The Kier molecular flexibility index (Phi) is 4.34. The van der Waals surface area contributed by atoms with Crippen molar-refractivity contribution in [1.29, 1.82) is 0 Å². The molecule has 0 aromatic carbocycles. The molecule has 0 spiro atoms. The van der Waals surface area contributed by atoms with Gasteiger partial charge in [0.25, 0.3) is 0 Å². The fourth-order valence-corrected chi connectivity index (χ4v) is 3.83. The molecule has 0 saturated carbocycles. The van der Waals surface area contributed by atoms with Gasteiger partial charge < -0.3 is 5.32 Å². The van der Waals surface area contributed by atoms with E-state index in [0.29, 0.717) is 32.0 Å². The Balaban J connectivity index is 1.60. The van der Waals surface area contributed by atoms with E-state index in [0.717, 1.165) is 12.8 Å². The second-order valence-electron chi connectivity index (χ2n) is 5.08. The van der Waals surface area contributed by atoms with Crippen molar-refractivity contribution in [1.82, 2.24) is 24.3 Å². The highest BCUT2D eigenvalue weighted by Gasteiger charge is 2.27. The average molecular weight is 322 g/mol. The van der Waals surface area contributed by atoms with Crippen LogP contribution in [-0.2, 0) is 16.6 Å². The summed E-state index contributed by atoms with van der Waals surface area (Å²) in [6.45, 7) is 2.49. The molecule has 0 radical (unpaired) electrons. The molecule has 0 amide bonds. The van der Waals surface area contributed by atoms with Crippen LogP contribution in [-0.4, -0.2) is 52.3 Å². The van der Waals surface area contributed by atoms with Crippen LogP contribution in [0.25, 0.3) is 0 Å².